The van der Waals surface area contributed by atoms with Crippen LogP contribution in [0.2, 0.25) is 5.02 Å². The summed E-state index contributed by atoms with van der Waals surface area (Å²) in [6.07, 6.45) is 1.63. The number of piperazine rings is 1. The Hall–Kier alpha value is -2.95. The lowest BCUT2D eigenvalue weighted by Crippen LogP contribution is -2.52. The summed E-state index contributed by atoms with van der Waals surface area (Å²) in [7, 11) is 0. The van der Waals surface area contributed by atoms with Crippen molar-refractivity contribution in [2.45, 2.75) is 25.2 Å². The molecule has 0 aliphatic carbocycles. The number of hydrogen-bond donors (Lipinski definition) is 2. The second-order valence-corrected chi connectivity index (χ2v) is 9.01. The summed E-state index contributed by atoms with van der Waals surface area (Å²) >= 11 is 6.57. The van der Waals surface area contributed by atoms with Gasteiger partial charge in [0.05, 0.1) is 40.7 Å². The molecule has 0 spiro atoms. The highest BCUT2D eigenvalue weighted by Gasteiger charge is 2.34. The van der Waals surface area contributed by atoms with E-state index in [1.165, 1.54) is 0 Å². The SMILES string of the molecule is C[C@@](O)(CN1CCN(c2ccc(C#N)cc2Cl)[C@H](c2ccccc2)C1)c1ccc(CO)nc1. The van der Waals surface area contributed by atoms with Gasteiger partial charge in [0.15, 0.2) is 0 Å². The Morgan fingerprint density at radius 1 is 1.15 bits per heavy atom. The van der Waals surface area contributed by atoms with E-state index < -0.39 is 5.60 Å². The molecule has 3 aromatic rings. The number of anilines is 1. The zero-order chi connectivity index (χ0) is 23.4. The van der Waals surface area contributed by atoms with Gasteiger partial charge in [-0.3, -0.25) is 9.88 Å². The van der Waals surface area contributed by atoms with E-state index in [1.807, 2.05) is 30.3 Å². The number of β-amino-alcohol motifs (C(OH)–C–C–N with tert-alkyl or cyclic N) is 1. The van der Waals surface area contributed by atoms with E-state index in [0.717, 1.165) is 24.3 Å². The van der Waals surface area contributed by atoms with Gasteiger partial charge < -0.3 is 15.1 Å². The third-order valence-corrected chi connectivity index (χ3v) is 6.48. The van der Waals surface area contributed by atoms with E-state index in [1.54, 1.807) is 31.3 Å². The first-order valence-corrected chi connectivity index (χ1v) is 11.3. The minimum atomic E-state index is -1.09. The molecular weight excluding hydrogens is 436 g/mol. The molecule has 1 aliphatic heterocycles. The number of benzene rings is 2. The minimum Gasteiger partial charge on any atom is -0.390 e. The molecule has 1 fully saturated rings. The molecule has 170 valence electrons. The van der Waals surface area contributed by atoms with Gasteiger partial charge in [0.25, 0.3) is 0 Å². The number of hydrogen-bond acceptors (Lipinski definition) is 6. The molecular formula is C26H27ClN4O2. The molecule has 0 radical (unpaired) electrons. The summed E-state index contributed by atoms with van der Waals surface area (Å²) in [5, 5.41) is 30.2. The van der Waals surface area contributed by atoms with E-state index in [4.69, 9.17) is 11.6 Å². The number of nitriles is 1. The van der Waals surface area contributed by atoms with Crippen molar-refractivity contribution in [2.24, 2.45) is 0 Å². The van der Waals surface area contributed by atoms with E-state index in [0.29, 0.717) is 34.9 Å². The van der Waals surface area contributed by atoms with Crippen molar-refractivity contribution in [1.82, 2.24) is 9.88 Å². The molecule has 0 bridgehead atoms. The Morgan fingerprint density at radius 2 is 1.94 bits per heavy atom. The van der Waals surface area contributed by atoms with Crippen molar-refractivity contribution in [3.05, 3.63) is 94.3 Å². The van der Waals surface area contributed by atoms with Crippen LogP contribution >= 0.6 is 11.6 Å². The first-order valence-electron chi connectivity index (χ1n) is 10.9. The van der Waals surface area contributed by atoms with Crippen LogP contribution in [0, 0.1) is 11.3 Å². The van der Waals surface area contributed by atoms with Crippen LogP contribution in [-0.4, -0.2) is 46.3 Å². The van der Waals surface area contributed by atoms with Crippen LogP contribution in [0.15, 0.2) is 66.9 Å². The predicted molar refractivity (Wildman–Crippen MR) is 129 cm³/mol. The second-order valence-electron chi connectivity index (χ2n) is 8.60. The molecule has 2 atom stereocenters. The van der Waals surface area contributed by atoms with Crippen LogP contribution in [0.25, 0.3) is 0 Å². The predicted octanol–water partition coefficient (Wildman–Crippen LogP) is 3.87. The number of aliphatic hydroxyl groups excluding tert-OH is 1. The topological polar surface area (TPSA) is 83.6 Å². The molecule has 2 aromatic carbocycles. The molecule has 0 saturated carbocycles. The third-order valence-electron chi connectivity index (χ3n) is 6.18. The second kappa shape index (κ2) is 9.90. The Balaban J connectivity index is 1.58. The van der Waals surface area contributed by atoms with Gasteiger partial charge in [-0.1, -0.05) is 48.0 Å². The average molecular weight is 463 g/mol. The first kappa shape index (κ1) is 23.2. The van der Waals surface area contributed by atoms with Gasteiger partial charge >= 0.3 is 0 Å². The molecule has 33 heavy (non-hydrogen) atoms. The standard InChI is InChI=1S/C26H27ClN4O2/c1-26(33,21-8-9-22(17-32)29-15-21)18-30-11-12-31(24-10-7-19(14-28)13-23(24)27)25(16-30)20-5-3-2-4-6-20/h2-10,13,15,25,32-33H,11-12,16-18H2,1H3/t25-,26+/m0/s1. The molecule has 7 heteroatoms. The number of rotatable bonds is 6. The van der Waals surface area contributed by atoms with Crippen molar-refractivity contribution < 1.29 is 10.2 Å². The summed E-state index contributed by atoms with van der Waals surface area (Å²) in [5.41, 5.74) is 2.81. The van der Waals surface area contributed by atoms with Crippen LogP contribution in [0.5, 0.6) is 0 Å². The van der Waals surface area contributed by atoms with E-state index in [9.17, 15) is 15.5 Å². The van der Waals surface area contributed by atoms with Gasteiger partial charge in [0.2, 0.25) is 0 Å². The molecule has 0 unspecified atom stereocenters. The van der Waals surface area contributed by atoms with Crippen LogP contribution in [0.3, 0.4) is 0 Å². The van der Waals surface area contributed by atoms with Gasteiger partial charge in [0, 0.05) is 37.9 Å². The van der Waals surface area contributed by atoms with Crippen molar-refractivity contribution in [1.29, 1.82) is 5.26 Å². The molecule has 2 heterocycles. The molecule has 6 nitrogen and oxygen atoms in total. The lowest BCUT2D eigenvalue weighted by Gasteiger charge is -2.45. The smallest absolute Gasteiger partial charge is 0.101 e. The van der Waals surface area contributed by atoms with Crippen LogP contribution in [-0.2, 0) is 12.2 Å². The highest BCUT2D eigenvalue weighted by Crippen LogP contribution is 2.36. The maximum Gasteiger partial charge on any atom is 0.101 e. The number of aromatic nitrogens is 1. The molecule has 4 rings (SSSR count). The van der Waals surface area contributed by atoms with Crippen LogP contribution < -0.4 is 4.90 Å². The Labute approximate surface area is 199 Å². The van der Waals surface area contributed by atoms with Crippen molar-refractivity contribution in [3.8, 4) is 6.07 Å². The monoisotopic (exact) mass is 462 g/mol. The van der Waals surface area contributed by atoms with Crippen LogP contribution in [0.4, 0.5) is 5.69 Å². The van der Waals surface area contributed by atoms with Gasteiger partial charge in [-0.05, 0) is 36.8 Å². The average Bonchev–Trinajstić information content (AvgIpc) is 2.84. The molecule has 2 N–H and O–H groups in total. The normalized spacial score (nSPS) is 18.5. The summed E-state index contributed by atoms with van der Waals surface area (Å²) in [4.78, 5) is 8.76. The Bertz CT molecular complexity index is 1130. The summed E-state index contributed by atoms with van der Waals surface area (Å²) in [5.74, 6) is 0. The molecule has 1 aliphatic rings. The fraction of sp³-hybridized carbons (Fsp3) is 0.308. The Kier molecular flexibility index (Phi) is 6.96. The van der Waals surface area contributed by atoms with Crippen molar-refractivity contribution in [3.63, 3.8) is 0 Å². The fourth-order valence-corrected chi connectivity index (χ4v) is 4.69. The first-order chi connectivity index (χ1) is 15.9. The summed E-state index contributed by atoms with van der Waals surface area (Å²) < 4.78 is 0. The number of halogens is 1. The third kappa shape index (κ3) is 5.18. The van der Waals surface area contributed by atoms with Gasteiger partial charge in [-0.15, -0.1) is 0 Å². The minimum absolute atomic E-state index is 0.0380. The van der Waals surface area contributed by atoms with Crippen molar-refractivity contribution in [2.75, 3.05) is 31.1 Å². The molecule has 1 saturated heterocycles. The lowest BCUT2D eigenvalue weighted by atomic mass is 9.94. The maximum atomic E-state index is 11.2. The highest BCUT2D eigenvalue weighted by molar-refractivity contribution is 6.33. The summed E-state index contributed by atoms with van der Waals surface area (Å²) in [6.45, 7) is 4.30. The van der Waals surface area contributed by atoms with E-state index >= 15 is 0 Å². The number of pyridine rings is 1. The van der Waals surface area contributed by atoms with Gasteiger partial charge in [-0.2, -0.15) is 5.26 Å². The zero-order valence-electron chi connectivity index (χ0n) is 18.5. The maximum absolute atomic E-state index is 11.2. The molecule has 1 aromatic heterocycles. The van der Waals surface area contributed by atoms with E-state index in [2.05, 4.69) is 33.0 Å². The fourth-order valence-electron chi connectivity index (χ4n) is 4.40. The van der Waals surface area contributed by atoms with E-state index in [-0.39, 0.29) is 12.6 Å². The van der Waals surface area contributed by atoms with Crippen LogP contribution in [0.1, 0.15) is 35.3 Å². The Morgan fingerprint density at radius 3 is 2.58 bits per heavy atom. The zero-order valence-corrected chi connectivity index (χ0v) is 19.3. The van der Waals surface area contributed by atoms with Gasteiger partial charge in [-0.25, -0.2) is 0 Å². The molecule has 0 amide bonds. The van der Waals surface area contributed by atoms with Crippen molar-refractivity contribution >= 4 is 17.3 Å². The highest BCUT2D eigenvalue weighted by atomic mass is 35.5. The lowest BCUT2D eigenvalue weighted by molar-refractivity contribution is 0.00997. The van der Waals surface area contributed by atoms with Gasteiger partial charge in [0.1, 0.15) is 5.60 Å². The summed E-state index contributed by atoms with van der Waals surface area (Å²) in [6, 6.07) is 21.4. The largest absolute Gasteiger partial charge is 0.390 e. The quantitative estimate of drug-likeness (QED) is 0.578. The number of aliphatic hydroxyl groups is 2. The number of nitrogens with zero attached hydrogens (tertiary/aromatic N) is 4.